The van der Waals surface area contributed by atoms with Gasteiger partial charge in [0.1, 0.15) is 24.1 Å². The number of nitrogens with zero attached hydrogens (tertiary/aromatic N) is 3. The molecule has 0 aliphatic rings. The molecule has 0 bridgehead atoms. The van der Waals surface area contributed by atoms with Crippen LogP contribution in [0.4, 0.5) is 0 Å². The highest BCUT2D eigenvalue weighted by molar-refractivity contribution is 6.34. The molecule has 0 unspecified atom stereocenters. The Morgan fingerprint density at radius 2 is 2.05 bits per heavy atom. The van der Waals surface area contributed by atoms with Crippen molar-refractivity contribution in [3.8, 4) is 0 Å². The van der Waals surface area contributed by atoms with E-state index in [1.807, 2.05) is 30.3 Å². The van der Waals surface area contributed by atoms with Crippen LogP contribution in [0.2, 0.25) is 5.15 Å². The molecular formula is C15H12ClN3O2. The Balaban J connectivity index is 1.82. The summed E-state index contributed by atoms with van der Waals surface area (Å²) in [5.41, 5.74) is 2.69. The van der Waals surface area contributed by atoms with Gasteiger partial charge in [-0.2, -0.15) is 0 Å². The lowest BCUT2D eigenvalue weighted by Gasteiger charge is -2.07. The number of fused-ring (bicyclic) bond motifs is 1. The number of aldehydes is 1. The van der Waals surface area contributed by atoms with Gasteiger partial charge in [0.2, 0.25) is 0 Å². The molecule has 0 spiro atoms. The normalized spacial score (nSPS) is 10.9. The molecule has 0 aliphatic carbocycles. The molecule has 21 heavy (non-hydrogen) atoms. The summed E-state index contributed by atoms with van der Waals surface area (Å²) in [5, 5.41) is 0.302. The molecule has 0 amide bonds. The molecule has 106 valence electrons. The molecule has 0 fully saturated rings. The van der Waals surface area contributed by atoms with Crippen molar-refractivity contribution < 1.29 is 9.53 Å². The zero-order valence-electron chi connectivity index (χ0n) is 11.1. The molecule has 0 radical (unpaired) electrons. The number of rotatable bonds is 5. The number of carbonyl (C=O) groups excluding carboxylic acids is 1. The number of hydrogen-bond acceptors (Lipinski definition) is 4. The molecule has 0 saturated heterocycles. The van der Waals surface area contributed by atoms with Gasteiger partial charge in [-0.15, -0.1) is 0 Å². The highest BCUT2D eigenvalue weighted by Crippen LogP contribution is 2.23. The van der Waals surface area contributed by atoms with Crippen molar-refractivity contribution in [1.82, 2.24) is 14.5 Å². The lowest BCUT2D eigenvalue weighted by atomic mass is 10.2. The average Bonchev–Trinajstić information content (AvgIpc) is 2.88. The van der Waals surface area contributed by atoms with E-state index in [0.29, 0.717) is 28.4 Å². The van der Waals surface area contributed by atoms with Crippen LogP contribution >= 0.6 is 11.6 Å². The summed E-state index contributed by atoms with van der Waals surface area (Å²) in [7, 11) is 0. The number of aromatic nitrogens is 3. The maximum atomic E-state index is 11.1. The van der Waals surface area contributed by atoms with Gasteiger partial charge < -0.3 is 9.30 Å². The third-order valence-electron chi connectivity index (χ3n) is 3.10. The first kappa shape index (κ1) is 13.7. The number of ether oxygens (including phenoxy) is 1. The Labute approximate surface area is 126 Å². The van der Waals surface area contributed by atoms with E-state index >= 15 is 0 Å². The molecule has 0 saturated carbocycles. The van der Waals surface area contributed by atoms with E-state index in [4.69, 9.17) is 16.3 Å². The third-order valence-corrected chi connectivity index (χ3v) is 3.38. The second-order valence-corrected chi connectivity index (χ2v) is 4.85. The van der Waals surface area contributed by atoms with Crippen LogP contribution in [0.15, 0.2) is 42.9 Å². The first-order valence-corrected chi connectivity index (χ1v) is 6.73. The molecule has 0 atom stereocenters. The van der Waals surface area contributed by atoms with Gasteiger partial charge in [0, 0.05) is 6.20 Å². The molecule has 2 heterocycles. The minimum absolute atomic E-state index is 0.270. The van der Waals surface area contributed by atoms with Crippen LogP contribution in [-0.2, 0) is 18.1 Å². The maximum Gasteiger partial charge on any atom is 0.156 e. The van der Waals surface area contributed by atoms with Crippen molar-refractivity contribution in [2.24, 2.45) is 0 Å². The Morgan fingerprint density at radius 3 is 2.81 bits per heavy atom. The summed E-state index contributed by atoms with van der Waals surface area (Å²) in [6.07, 6.45) is 3.76. The first-order chi connectivity index (χ1) is 10.3. The van der Waals surface area contributed by atoms with Gasteiger partial charge in [0.05, 0.1) is 12.2 Å². The van der Waals surface area contributed by atoms with Crippen molar-refractivity contribution in [2.75, 3.05) is 0 Å². The van der Waals surface area contributed by atoms with Crippen LogP contribution in [0, 0.1) is 0 Å². The summed E-state index contributed by atoms with van der Waals surface area (Å²) in [6.45, 7) is 0.745. The zero-order chi connectivity index (χ0) is 14.7. The Morgan fingerprint density at radius 1 is 1.24 bits per heavy atom. The summed E-state index contributed by atoms with van der Waals surface area (Å²) < 4.78 is 7.40. The molecule has 3 aromatic rings. The van der Waals surface area contributed by atoms with Gasteiger partial charge in [0.25, 0.3) is 0 Å². The van der Waals surface area contributed by atoms with Crippen molar-refractivity contribution >= 4 is 28.9 Å². The van der Waals surface area contributed by atoms with Crippen molar-refractivity contribution in [3.05, 3.63) is 59.1 Å². The lowest BCUT2D eigenvalue weighted by Crippen LogP contribution is -2.02. The average molecular weight is 302 g/mol. The van der Waals surface area contributed by atoms with Crippen LogP contribution < -0.4 is 0 Å². The van der Waals surface area contributed by atoms with Crippen LogP contribution in [0.5, 0.6) is 0 Å². The van der Waals surface area contributed by atoms with Gasteiger partial charge >= 0.3 is 0 Å². The maximum absolute atomic E-state index is 11.1. The topological polar surface area (TPSA) is 57.0 Å². The van der Waals surface area contributed by atoms with E-state index in [1.165, 1.54) is 6.33 Å². The van der Waals surface area contributed by atoms with Gasteiger partial charge in [-0.1, -0.05) is 41.9 Å². The predicted molar refractivity (Wildman–Crippen MR) is 79.2 cm³/mol. The minimum Gasteiger partial charge on any atom is -0.356 e. The molecule has 3 rings (SSSR count). The number of hydrogen-bond donors (Lipinski definition) is 0. The molecular weight excluding hydrogens is 290 g/mol. The third kappa shape index (κ3) is 2.79. The van der Waals surface area contributed by atoms with E-state index in [2.05, 4.69) is 9.97 Å². The molecule has 6 heteroatoms. The molecule has 1 aromatic carbocycles. The number of benzene rings is 1. The standard InChI is InChI=1S/C15H12ClN3O2/c16-15-14-13(17-9-18-15)12(7-20)6-19(14)10-21-8-11-4-2-1-3-5-11/h1-7,9H,8,10H2. The summed E-state index contributed by atoms with van der Waals surface area (Å²) in [5.74, 6) is 0. The zero-order valence-corrected chi connectivity index (χ0v) is 11.8. The van der Waals surface area contributed by atoms with Crippen LogP contribution in [0.3, 0.4) is 0 Å². The highest BCUT2D eigenvalue weighted by atomic mass is 35.5. The van der Waals surface area contributed by atoms with E-state index in [1.54, 1.807) is 10.8 Å². The van der Waals surface area contributed by atoms with Gasteiger partial charge in [-0.3, -0.25) is 4.79 Å². The Kier molecular flexibility index (Phi) is 3.94. The second-order valence-electron chi connectivity index (χ2n) is 4.50. The SMILES string of the molecule is O=Cc1cn(COCc2ccccc2)c2c(Cl)ncnc12. The van der Waals surface area contributed by atoms with Gasteiger partial charge in [-0.25, -0.2) is 9.97 Å². The summed E-state index contributed by atoms with van der Waals surface area (Å²) in [6, 6.07) is 9.84. The van der Waals surface area contributed by atoms with E-state index in [9.17, 15) is 4.79 Å². The summed E-state index contributed by atoms with van der Waals surface area (Å²) >= 11 is 6.09. The van der Waals surface area contributed by atoms with E-state index < -0.39 is 0 Å². The highest BCUT2D eigenvalue weighted by Gasteiger charge is 2.13. The van der Waals surface area contributed by atoms with Crippen molar-refractivity contribution in [3.63, 3.8) is 0 Å². The van der Waals surface area contributed by atoms with Gasteiger partial charge in [0.15, 0.2) is 11.4 Å². The Hall–Kier alpha value is -2.24. The molecule has 0 N–H and O–H groups in total. The quantitative estimate of drug-likeness (QED) is 0.537. The summed E-state index contributed by atoms with van der Waals surface area (Å²) in [4.78, 5) is 19.1. The van der Waals surface area contributed by atoms with Crippen molar-refractivity contribution in [1.29, 1.82) is 0 Å². The first-order valence-electron chi connectivity index (χ1n) is 6.36. The fourth-order valence-electron chi connectivity index (χ4n) is 2.14. The smallest absolute Gasteiger partial charge is 0.156 e. The van der Waals surface area contributed by atoms with Gasteiger partial charge in [-0.05, 0) is 5.56 Å². The lowest BCUT2D eigenvalue weighted by molar-refractivity contribution is 0.0667. The van der Waals surface area contributed by atoms with Crippen LogP contribution in [-0.4, -0.2) is 20.8 Å². The predicted octanol–water partition coefficient (Wildman–Crippen LogP) is 3.07. The largest absolute Gasteiger partial charge is 0.356 e. The molecule has 0 aliphatic heterocycles. The fourth-order valence-corrected chi connectivity index (χ4v) is 2.38. The van der Waals surface area contributed by atoms with E-state index in [0.717, 1.165) is 11.8 Å². The second kappa shape index (κ2) is 6.03. The van der Waals surface area contributed by atoms with Crippen LogP contribution in [0.1, 0.15) is 15.9 Å². The minimum atomic E-state index is 0.270. The fraction of sp³-hybridized carbons (Fsp3) is 0.133. The van der Waals surface area contributed by atoms with Crippen molar-refractivity contribution in [2.45, 2.75) is 13.3 Å². The molecule has 2 aromatic heterocycles. The number of halogens is 1. The van der Waals surface area contributed by atoms with E-state index in [-0.39, 0.29) is 6.73 Å². The number of carbonyl (C=O) groups is 1. The molecule has 5 nitrogen and oxygen atoms in total. The Bertz CT molecular complexity index is 771. The monoisotopic (exact) mass is 301 g/mol. The van der Waals surface area contributed by atoms with Crippen LogP contribution in [0.25, 0.3) is 11.0 Å².